The minimum Gasteiger partial charge on any atom is -0.497 e. The molecule has 3 nitrogen and oxygen atoms in total. The van der Waals surface area contributed by atoms with E-state index in [4.69, 9.17) is 17.0 Å². The Bertz CT molecular complexity index is 861. The summed E-state index contributed by atoms with van der Waals surface area (Å²) in [6, 6.07) is 26.9. The second-order valence-electron chi connectivity index (χ2n) is 6.43. The van der Waals surface area contributed by atoms with Crippen LogP contribution in [0.1, 0.15) is 28.3 Å². The molecule has 1 atom stereocenters. The number of aryl methyl sites for hydroxylation is 1. The average Bonchev–Trinajstić information content (AvgIpc) is 2.72. The van der Waals surface area contributed by atoms with Crippen LogP contribution in [0.15, 0.2) is 78.9 Å². The third-order valence-electron chi connectivity index (χ3n) is 4.43. The molecule has 0 unspecified atom stereocenters. The van der Waals surface area contributed by atoms with Gasteiger partial charge < -0.3 is 15.4 Å². The van der Waals surface area contributed by atoms with E-state index in [0.717, 1.165) is 11.3 Å². The summed E-state index contributed by atoms with van der Waals surface area (Å²) in [6.07, 6.45) is 0. The summed E-state index contributed by atoms with van der Waals surface area (Å²) in [7, 11) is 1.67. The summed E-state index contributed by atoms with van der Waals surface area (Å²) in [5.74, 6) is 0.850. The van der Waals surface area contributed by atoms with Gasteiger partial charge in [-0.2, -0.15) is 0 Å². The number of thiocarbonyl (C=S) groups is 1. The summed E-state index contributed by atoms with van der Waals surface area (Å²) in [5.41, 5.74) is 4.74. The molecule has 3 aromatic carbocycles. The molecule has 2 N–H and O–H groups in total. The van der Waals surface area contributed by atoms with Crippen LogP contribution >= 0.6 is 12.2 Å². The maximum Gasteiger partial charge on any atom is 0.167 e. The molecule has 0 radical (unpaired) electrons. The van der Waals surface area contributed by atoms with E-state index < -0.39 is 0 Å². The van der Waals surface area contributed by atoms with E-state index in [9.17, 15) is 0 Å². The molecule has 0 aromatic heterocycles. The first-order valence-corrected chi connectivity index (χ1v) is 9.35. The summed E-state index contributed by atoms with van der Waals surface area (Å²) < 4.78 is 5.20. The highest BCUT2D eigenvalue weighted by Crippen LogP contribution is 2.22. The van der Waals surface area contributed by atoms with Crippen LogP contribution in [0.3, 0.4) is 0 Å². The zero-order valence-corrected chi connectivity index (χ0v) is 16.4. The molecule has 0 aliphatic rings. The van der Waals surface area contributed by atoms with Crippen molar-refractivity contribution in [2.45, 2.75) is 19.5 Å². The lowest BCUT2D eigenvalue weighted by Crippen LogP contribution is -2.37. The van der Waals surface area contributed by atoms with Gasteiger partial charge in [0.25, 0.3) is 0 Å². The van der Waals surface area contributed by atoms with Gasteiger partial charge in [-0.25, -0.2) is 0 Å². The van der Waals surface area contributed by atoms with Crippen LogP contribution in [0, 0.1) is 6.92 Å². The fourth-order valence-corrected chi connectivity index (χ4v) is 3.06. The standard InChI is InChI=1S/C23H24N2OS/c1-17-8-12-20(13-9-17)22(19-6-4-3-5-7-19)25-23(27)24-16-18-10-14-21(26-2)15-11-18/h3-15,22H,16H2,1-2H3,(H2,24,25,27)/t22-/m0/s1. The molecule has 0 fully saturated rings. The maximum atomic E-state index is 5.56. The minimum absolute atomic E-state index is 0.00247. The van der Waals surface area contributed by atoms with Crippen molar-refractivity contribution in [3.63, 3.8) is 0 Å². The summed E-state index contributed by atoms with van der Waals surface area (Å²) in [6.45, 7) is 2.75. The SMILES string of the molecule is COc1ccc(CNC(=S)N[C@@H](c2ccccc2)c2ccc(C)cc2)cc1. The molecule has 3 aromatic rings. The van der Waals surface area contributed by atoms with Crippen LogP contribution in [-0.2, 0) is 6.54 Å². The summed E-state index contributed by atoms with van der Waals surface area (Å²) in [5, 5.41) is 7.38. The predicted molar refractivity (Wildman–Crippen MR) is 115 cm³/mol. The fraction of sp³-hybridized carbons (Fsp3) is 0.174. The normalized spacial score (nSPS) is 11.5. The Morgan fingerprint density at radius 2 is 1.52 bits per heavy atom. The maximum absolute atomic E-state index is 5.56. The Hall–Kier alpha value is -2.85. The van der Waals surface area contributed by atoms with E-state index in [-0.39, 0.29) is 6.04 Å². The largest absolute Gasteiger partial charge is 0.497 e. The number of hydrogen-bond donors (Lipinski definition) is 2. The topological polar surface area (TPSA) is 33.3 Å². The Balaban J connectivity index is 1.69. The molecule has 0 aliphatic heterocycles. The summed E-state index contributed by atoms with van der Waals surface area (Å²) >= 11 is 5.56. The van der Waals surface area contributed by atoms with Crippen LogP contribution in [0.4, 0.5) is 0 Å². The molecular formula is C23H24N2OS. The number of rotatable bonds is 6. The average molecular weight is 377 g/mol. The van der Waals surface area contributed by atoms with E-state index in [1.807, 2.05) is 42.5 Å². The molecule has 138 valence electrons. The first-order chi connectivity index (χ1) is 13.2. The molecule has 3 rings (SSSR count). The smallest absolute Gasteiger partial charge is 0.167 e. The van der Waals surface area contributed by atoms with Gasteiger partial charge in [0.05, 0.1) is 13.2 Å². The van der Waals surface area contributed by atoms with Crippen molar-refractivity contribution in [1.82, 2.24) is 10.6 Å². The van der Waals surface area contributed by atoms with Gasteiger partial charge in [0.2, 0.25) is 0 Å². The van der Waals surface area contributed by atoms with Crippen molar-refractivity contribution in [1.29, 1.82) is 0 Å². The Labute approximate surface area is 166 Å². The molecule has 0 spiro atoms. The van der Waals surface area contributed by atoms with Crippen molar-refractivity contribution in [2.75, 3.05) is 7.11 Å². The van der Waals surface area contributed by atoms with Crippen LogP contribution in [0.5, 0.6) is 5.75 Å². The zero-order chi connectivity index (χ0) is 19.1. The second kappa shape index (κ2) is 9.19. The van der Waals surface area contributed by atoms with E-state index in [1.165, 1.54) is 16.7 Å². The minimum atomic E-state index is 0.00247. The first kappa shape index (κ1) is 18.9. The van der Waals surface area contributed by atoms with Gasteiger partial charge in [0.15, 0.2) is 5.11 Å². The molecular weight excluding hydrogens is 352 g/mol. The molecule has 0 amide bonds. The lowest BCUT2D eigenvalue weighted by atomic mass is 9.98. The van der Waals surface area contributed by atoms with E-state index >= 15 is 0 Å². The van der Waals surface area contributed by atoms with Gasteiger partial charge in [-0.05, 0) is 48.0 Å². The van der Waals surface area contributed by atoms with Crippen LogP contribution in [0.25, 0.3) is 0 Å². The van der Waals surface area contributed by atoms with E-state index in [2.05, 4.69) is 54.0 Å². The van der Waals surface area contributed by atoms with Crippen molar-refractivity contribution >= 4 is 17.3 Å². The van der Waals surface area contributed by atoms with Gasteiger partial charge in [-0.1, -0.05) is 72.3 Å². The lowest BCUT2D eigenvalue weighted by Gasteiger charge is -2.22. The second-order valence-corrected chi connectivity index (χ2v) is 6.84. The number of methoxy groups -OCH3 is 1. The Kier molecular flexibility index (Phi) is 6.44. The molecule has 27 heavy (non-hydrogen) atoms. The fourth-order valence-electron chi connectivity index (χ4n) is 2.87. The molecule has 4 heteroatoms. The van der Waals surface area contributed by atoms with E-state index in [1.54, 1.807) is 7.11 Å². The number of hydrogen-bond acceptors (Lipinski definition) is 2. The highest BCUT2D eigenvalue weighted by atomic mass is 32.1. The summed E-state index contributed by atoms with van der Waals surface area (Å²) in [4.78, 5) is 0. The zero-order valence-electron chi connectivity index (χ0n) is 15.6. The molecule has 0 heterocycles. The van der Waals surface area contributed by atoms with Gasteiger partial charge in [-0.3, -0.25) is 0 Å². The first-order valence-electron chi connectivity index (χ1n) is 8.94. The van der Waals surface area contributed by atoms with Crippen molar-refractivity contribution < 1.29 is 4.74 Å². The molecule has 0 saturated heterocycles. The van der Waals surface area contributed by atoms with Gasteiger partial charge in [-0.15, -0.1) is 0 Å². The van der Waals surface area contributed by atoms with Crippen LogP contribution < -0.4 is 15.4 Å². The number of benzene rings is 3. The highest BCUT2D eigenvalue weighted by Gasteiger charge is 2.14. The van der Waals surface area contributed by atoms with Crippen molar-refractivity contribution in [3.8, 4) is 5.75 Å². The van der Waals surface area contributed by atoms with Crippen molar-refractivity contribution in [3.05, 3.63) is 101 Å². The lowest BCUT2D eigenvalue weighted by molar-refractivity contribution is 0.414. The third kappa shape index (κ3) is 5.31. The van der Waals surface area contributed by atoms with Crippen LogP contribution in [-0.4, -0.2) is 12.2 Å². The van der Waals surface area contributed by atoms with Gasteiger partial charge in [0.1, 0.15) is 5.75 Å². The predicted octanol–water partition coefficient (Wildman–Crippen LogP) is 4.76. The Morgan fingerprint density at radius 3 is 2.15 bits per heavy atom. The third-order valence-corrected chi connectivity index (χ3v) is 4.69. The van der Waals surface area contributed by atoms with Crippen molar-refractivity contribution in [2.24, 2.45) is 0 Å². The van der Waals surface area contributed by atoms with Crippen LogP contribution in [0.2, 0.25) is 0 Å². The van der Waals surface area contributed by atoms with Gasteiger partial charge >= 0.3 is 0 Å². The Morgan fingerprint density at radius 1 is 0.889 bits per heavy atom. The molecule has 0 saturated carbocycles. The molecule has 0 bridgehead atoms. The van der Waals surface area contributed by atoms with Gasteiger partial charge in [0, 0.05) is 6.54 Å². The quantitative estimate of drug-likeness (QED) is 0.608. The number of ether oxygens (including phenoxy) is 1. The molecule has 0 aliphatic carbocycles. The highest BCUT2D eigenvalue weighted by molar-refractivity contribution is 7.80. The number of nitrogens with one attached hydrogen (secondary N) is 2. The monoisotopic (exact) mass is 376 g/mol. The van der Waals surface area contributed by atoms with E-state index in [0.29, 0.717) is 11.7 Å².